The zero-order chi connectivity index (χ0) is 14.5. The number of hydrogen-bond donors (Lipinski definition) is 1. The summed E-state index contributed by atoms with van der Waals surface area (Å²) in [6.45, 7) is 1.86. The Hall–Kier alpha value is -1.87. The minimum Gasteiger partial charge on any atom is -0.359 e. The van der Waals surface area contributed by atoms with Crippen LogP contribution in [-0.4, -0.2) is 24.6 Å². The standard InChI is InChI=1S/C18H23N3/c1-21(13-12-15-6-3-2-4-7-15)18-9-5-8-17(20-18)14-19-16-10-11-16/h2-9,16,19H,10-14H2,1H3. The van der Waals surface area contributed by atoms with Crippen LogP contribution in [0.25, 0.3) is 0 Å². The van der Waals surface area contributed by atoms with Crippen LogP contribution in [0, 0.1) is 0 Å². The van der Waals surface area contributed by atoms with Crippen molar-refractivity contribution in [3.63, 3.8) is 0 Å². The van der Waals surface area contributed by atoms with E-state index in [1.165, 1.54) is 18.4 Å². The van der Waals surface area contributed by atoms with E-state index in [1.807, 2.05) is 0 Å². The Balaban J connectivity index is 1.55. The third-order valence-electron chi connectivity index (χ3n) is 3.91. The molecule has 0 unspecified atom stereocenters. The average Bonchev–Trinajstić information content (AvgIpc) is 3.36. The Morgan fingerprint density at radius 3 is 2.67 bits per heavy atom. The van der Waals surface area contributed by atoms with Crippen molar-refractivity contribution in [3.05, 3.63) is 59.8 Å². The summed E-state index contributed by atoms with van der Waals surface area (Å²) >= 11 is 0. The Morgan fingerprint density at radius 1 is 1.10 bits per heavy atom. The van der Waals surface area contributed by atoms with Crippen LogP contribution < -0.4 is 10.2 Å². The minimum atomic E-state index is 0.728. The van der Waals surface area contributed by atoms with E-state index in [0.717, 1.165) is 37.1 Å². The fourth-order valence-electron chi connectivity index (χ4n) is 2.37. The summed E-state index contributed by atoms with van der Waals surface area (Å²) in [6, 6.07) is 17.6. The summed E-state index contributed by atoms with van der Waals surface area (Å²) in [7, 11) is 2.11. The van der Waals surface area contributed by atoms with Gasteiger partial charge in [-0.15, -0.1) is 0 Å². The average molecular weight is 281 g/mol. The third kappa shape index (κ3) is 4.30. The highest BCUT2D eigenvalue weighted by atomic mass is 15.2. The van der Waals surface area contributed by atoms with Crippen molar-refractivity contribution in [2.75, 3.05) is 18.5 Å². The molecule has 0 amide bonds. The number of rotatable bonds is 7. The molecule has 0 spiro atoms. The first-order valence-electron chi connectivity index (χ1n) is 7.75. The van der Waals surface area contributed by atoms with Gasteiger partial charge in [-0.3, -0.25) is 0 Å². The predicted octanol–water partition coefficient (Wildman–Crippen LogP) is 3.01. The quantitative estimate of drug-likeness (QED) is 0.845. The molecule has 21 heavy (non-hydrogen) atoms. The molecule has 0 atom stereocenters. The van der Waals surface area contributed by atoms with Gasteiger partial charge in [-0.2, -0.15) is 0 Å². The summed E-state index contributed by atoms with van der Waals surface area (Å²) in [5.41, 5.74) is 2.50. The predicted molar refractivity (Wildman–Crippen MR) is 87.5 cm³/mol. The van der Waals surface area contributed by atoms with E-state index in [9.17, 15) is 0 Å². The van der Waals surface area contributed by atoms with Gasteiger partial charge in [0.05, 0.1) is 5.69 Å². The van der Waals surface area contributed by atoms with Gasteiger partial charge in [0.2, 0.25) is 0 Å². The number of benzene rings is 1. The fraction of sp³-hybridized carbons (Fsp3) is 0.389. The van der Waals surface area contributed by atoms with Gasteiger partial charge < -0.3 is 10.2 Å². The zero-order valence-electron chi connectivity index (χ0n) is 12.6. The van der Waals surface area contributed by atoms with Crippen LogP contribution in [-0.2, 0) is 13.0 Å². The summed E-state index contributed by atoms with van der Waals surface area (Å²) < 4.78 is 0. The van der Waals surface area contributed by atoms with E-state index in [0.29, 0.717) is 0 Å². The number of nitrogens with zero attached hydrogens (tertiary/aromatic N) is 2. The van der Waals surface area contributed by atoms with E-state index >= 15 is 0 Å². The largest absolute Gasteiger partial charge is 0.359 e. The molecule has 1 heterocycles. The van der Waals surface area contributed by atoms with Crippen LogP contribution in [0.3, 0.4) is 0 Å². The van der Waals surface area contributed by atoms with E-state index in [4.69, 9.17) is 4.98 Å². The first-order chi connectivity index (χ1) is 10.3. The van der Waals surface area contributed by atoms with Gasteiger partial charge in [0.1, 0.15) is 5.82 Å². The molecular weight excluding hydrogens is 258 g/mol. The van der Waals surface area contributed by atoms with Crippen LogP contribution in [0.4, 0.5) is 5.82 Å². The Morgan fingerprint density at radius 2 is 1.90 bits per heavy atom. The number of hydrogen-bond acceptors (Lipinski definition) is 3. The number of nitrogens with one attached hydrogen (secondary N) is 1. The van der Waals surface area contributed by atoms with Crippen LogP contribution in [0.5, 0.6) is 0 Å². The van der Waals surface area contributed by atoms with E-state index < -0.39 is 0 Å². The molecule has 0 saturated heterocycles. The molecule has 3 nitrogen and oxygen atoms in total. The second-order valence-corrected chi connectivity index (χ2v) is 5.80. The lowest BCUT2D eigenvalue weighted by Gasteiger charge is -2.19. The molecule has 1 aliphatic rings. The molecule has 110 valence electrons. The molecule has 1 fully saturated rings. The molecule has 3 rings (SSSR count). The summed E-state index contributed by atoms with van der Waals surface area (Å²) in [6.07, 6.45) is 3.68. The second kappa shape index (κ2) is 6.72. The van der Waals surface area contributed by atoms with Crippen molar-refractivity contribution < 1.29 is 0 Å². The van der Waals surface area contributed by atoms with Crippen LogP contribution >= 0.6 is 0 Å². The van der Waals surface area contributed by atoms with E-state index in [1.54, 1.807) is 0 Å². The molecule has 1 N–H and O–H groups in total. The first-order valence-corrected chi connectivity index (χ1v) is 7.75. The molecule has 0 radical (unpaired) electrons. The van der Waals surface area contributed by atoms with Gasteiger partial charge >= 0.3 is 0 Å². The molecule has 1 aliphatic carbocycles. The Labute approximate surface area is 127 Å². The lowest BCUT2D eigenvalue weighted by atomic mass is 10.1. The summed E-state index contributed by atoms with van der Waals surface area (Å²) in [4.78, 5) is 6.98. The molecule has 0 aliphatic heterocycles. The topological polar surface area (TPSA) is 28.2 Å². The summed E-state index contributed by atoms with van der Waals surface area (Å²) in [5, 5.41) is 3.52. The van der Waals surface area contributed by atoms with Crippen molar-refractivity contribution in [2.24, 2.45) is 0 Å². The van der Waals surface area contributed by atoms with Gasteiger partial charge in [0.15, 0.2) is 0 Å². The minimum absolute atomic E-state index is 0.728. The van der Waals surface area contributed by atoms with E-state index in [2.05, 4.69) is 65.8 Å². The van der Waals surface area contributed by atoms with E-state index in [-0.39, 0.29) is 0 Å². The summed E-state index contributed by atoms with van der Waals surface area (Å²) in [5.74, 6) is 1.06. The van der Waals surface area contributed by atoms with Crippen LogP contribution in [0.2, 0.25) is 0 Å². The molecule has 1 aromatic carbocycles. The highest BCUT2D eigenvalue weighted by Gasteiger charge is 2.20. The maximum atomic E-state index is 4.75. The normalized spacial score (nSPS) is 14.1. The zero-order valence-corrected chi connectivity index (χ0v) is 12.6. The Bertz CT molecular complexity index is 564. The van der Waals surface area contributed by atoms with Crippen LogP contribution in [0.1, 0.15) is 24.1 Å². The molecule has 3 heteroatoms. The number of aromatic nitrogens is 1. The second-order valence-electron chi connectivity index (χ2n) is 5.80. The van der Waals surface area contributed by atoms with Gasteiger partial charge in [-0.25, -0.2) is 4.98 Å². The first kappa shape index (κ1) is 14.1. The van der Waals surface area contributed by atoms with Gasteiger partial charge in [0, 0.05) is 26.2 Å². The molecule has 1 saturated carbocycles. The van der Waals surface area contributed by atoms with Gasteiger partial charge in [-0.1, -0.05) is 36.4 Å². The molecule has 1 aromatic heterocycles. The highest BCUT2D eigenvalue weighted by Crippen LogP contribution is 2.19. The smallest absolute Gasteiger partial charge is 0.128 e. The molecular formula is C18H23N3. The number of pyridine rings is 1. The highest BCUT2D eigenvalue weighted by molar-refractivity contribution is 5.38. The van der Waals surface area contributed by atoms with Crippen molar-refractivity contribution >= 4 is 5.82 Å². The van der Waals surface area contributed by atoms with Crippen molar-refractivity contribution in [1.29, 1.82) is 0 Å². The molecule has 2 aromatic rings. The van der Waals surface area contributed by atoms with Crippen LogP contribution in [0.15, 0.2) is 48.5 Å². The van der Waals surface area contributed by atoms with Crippen molar-refractivity contribution in [3.8, 4) is 0 Å². The number of likely N-dealkylation sites (N-methyl/N-ethyl adjacent to an activating group) is 1. The maximum absolute atomic E-state index is 4.75. The van der Waals surface area contributed by atoms with Gasteiger partial charge in [-0.05, 0) is 37.0 Å². The Kier molecular flexibility index (Phi) is 4.51. The van der Waals surface area contributed by atoms with Crippen molar-refractivity contribution in [2.45, 2.75) is 31.8 Å². The maximum Gasteiger partial charge on any atom is 0.128 e. The SMILES string of the molecule is CN(CCc1ccccc1)c1cccc(CNC2CC2)n1. The fourth-order valence-corrected chi connectivity index (χ4v) is 2.37. The lowest BCUT2D eigenvalue weighted by molar-refractivity contribution is 0.673. The van der Waals surface area contributed by atoms with Crippen molar-refractivity contribution in [1.82, 2.24) is 10.3 Å². The monoisotopic (exact) mass is 281 g/mol. The number of anilines is 1. The van der Waals surface area contributed by atoms with Gasteiger partial charge in [0.25, 0.3) is 0 Å². The third-order valence-corrected chi connectivity index (χ3v) is 3.91. The molecule has 0 bridgehead atoms. The lowest BCUT2D eigenvalue weighted by Crippen LogP contribution is -2.22.